The largest absolute Gasteiger partial charge is 0.448 e. The molecule has 1 saturated carbocycles. The van der Waals surface area contributed by atoms with E-state index in [9.17, 15) is 13.2 Å². The Hall–Kier alpha value is -3.52. The molecule has 5 rings (SSSR count). The minimum absolute atomic E-state index is 0.170. The Balaban J connectivity index is 1.25. The molecular weight excluding hydrogens is 428 g/mol. The zero-order chi connectivity index (χ0) is 22.2. The van der Waals surface area contributed by atoms with Gasteiger partial charge in [-0.25, -0.2) is 8.42 Å². The van der Waals surface area contributed by atoms with Crippen LogP contribution in [0.2, 0.25) is 0 Å². The van der Waals surface area contributed by atoms with Crippen LogP contribution in [0.15, 0.2) is 77.7 Å². The van der Waals surface area contributed by atoms with Gasteiger partial charge in [0.15, 0.2) is 11.5 Å². The highest BCUT2D eigenvalue weighted by Gasteiger charge is 2.44. The molecule has 1 heterocycles. The first-order valence-electron chi connectivity index (χ1n) is 10.4. The van der Waals surface area contributed by atoms with Crippen molar-refractivity contribution in [3.63, 3.8) is 0 Å². The first-order valence-corrected chi connectivity index (χ1v) is 11.9. The van der Waals surface area contributed by atoms with Gasteiger partial charge in [-0.2, -0.15) is 0 Å². The highest BCUT2D eigenvalue weighted by molar-refractivity contribution is 7.92. The normalized spacial score (nSPS) is 16.1. The molecule has 1 fully saturated rings. The molecule has 0 bridgehead atoms. The first-order chi connectivity index (χ1) is 15.4. The molecule has 2 N–H and O–H groups in total. The number of ether oxygens (including phenoxy) is 2. The lowest BCUT2D eigenvalue weighted by molar-refractivity contribution is -0.0716. The van der Waals surface area contributed by atoms with E-state index in [4.69, 9.17) is 9.47 Å². The molecule has 1 aliphatic heterocycles. The summed E-state index contributed by atoms with van der Waals surface area (Å²) in [4.78, 5) is 12.8. The van der Waals surface area contributed by atoms with E-state index in [-0.39, 0.29) is 10.8 Å². The van der Waals surface area contributed by atoms with Gasteiger partial charge in [-0.05, 0) is 61.4 Å². The fraction of sp³-hybridized carbons (Fsp3) is 0.208. The molecule has 1 aliphatic carbocycles. The number of rotatable bonds is 5. The lowest BCUT2D eigenvalue weighted by atomic mass is 10.2. The second kappa shape index (κ2) is 7.87. The van der Waals surface area contributed by atoms with Gasteiger partial charge in [-0.3, -0.25) is 9.52 Å². The molecule has 8 heteroatoms. The predicted octanol–water partition coefficient (Wildman–Crippen LogP) is 4.78. The molecule has 0 unspecified atom stereocenters. The van der Waals surface area contributed by atoms with E-state index < -0.39 is 15.8 Å². The Bertz CT molecular complexity index is 1250. The maximum atomic E-state index is 12.7. The van der Waals surface area contributed by atoms with Gasteiger partial charge in [0.05, 0.1) is 4.90 Å². The topological polar surface area (TPSA) is 93.7 Å². The van der Waals surface area contributed by atoms with Crippen molar-refractivity contribution < 1.29 is 22.7 Å². The van der Waals surface area contributed by atoms with Crippen LogP contribution in [0, 0.1) is 0 Å². The molecule has 7 nitrogen and oxygen atoms in total. The number of carbonyl (C=O) groups is 1. The van der Waals surface area contributed by atoms with Crippen LogP contribution in [-0.2, 0) is 10.0 Å². The first kappa shape index (κ1) is 20.4. The highest BCUT2D eigenvalue weighted by atomic mass is 32.2. The Morgan fingerprint density at radius 1 is 0.812 bits per heavy atom. The molecular formula is C24H22N2O5S. The number of amides is 1. The van der Waals surface area contributed by atoms with Crippen molar-refractivity contribution in [3.8, 4) is 11.5 Å². The SMILES string of the molecule is O=C(Nc1ccc2c(c1)OC1(CCCC1)O2)c1ccc(NS(=O)(=O)c2ccccc2)cc1. The van der Waals surface area contributed by atoms with Gasteiger partial charge in [0, 0.05) is 35.8 Å². The van der Waals surface area contributed by atoms with Crippen molar-refractivity contribution in [1.29, 1.82) is 0 Å². The molecule has 32 heavy (non-hydrogen) atoms. The molecule has 1 spiro atoms. The van der Waals surface area contributed by atoms with E-state index in [2.05, 4.69) is 10.0 Å². The lowest BCUT2D eigenvalue weighted by Crippen LogP contribution is -2.34. The van der Waals surface area contributed by atoms with Crippen LogP contribution in [0.25, 0.3) is 0 Å². The summed E-state index contributed by atoms with van der Waals surface area (Å²) in [7, 11) is -3.69. The molecule has 0 saturated heterocycles. The third-order valence-corrected chi connectivity index (χ3v) is 7.01. The summed E-state index contributed by atoms with van der Waals surface area (Å²) in [6.07, 6.45) is 3.89. The molecule has 2 aliphatic rings. The molecule has 3 aromatic rings. The summed E-state index contributed by atoms with van der Waals surface area (Å²) in [5, 5.41) is 2.85. The minimum Gasteiger partial charge on any atom is -0.448 e. The average molecular weight is 451 g/mol. The van der Waals surface area contributed by atoms with E-state index in [0.717, 1.165) is 25.7 Å². The minimum atomic E-state index is -3.69. The van der Waals surface area contributed by atoms with Crippen LogP contribution in [0.3, 0.4) is 0 Å². The van der Waals surface area contributed by atoms with Crippen LogP contribution in [-0.4, -0.2) is 20.1 Å². The number of sulfonamides is 1. The number of anilines is 2. The van der Waals surface area contributed by atoms with Crippen LogP contribution in [0.4, 0.5) is 11.4 Å². The highest BCUT2D eigenvalue weighted by Crippen LogP contribution is 2.47. The second-order valence-electron chi connectivity index (χ2n) is 7.93. The summed E-state index contributed by atoms with van der Waals surface area (Å²) < 4.78 is 39.4. The summed E-state index contributed by atoms with van der Waals surface area (Å²) >= 11 is 0. The van der Waals surface area contributed by atoms with Crippen molar-refractivity contribution in [3.05, 3.63) is 78.4 Å². The summed E-state index contributed by atoms with van der Waals surface area (Å²) in [5.41, 5.74) is 1.37. The molecule has 0 aromatic heterocycles. The Morgan fingerprint density at radius 2 is 1.47 bits per heavy atom. The van der Waals surface area contributed by atoms with E-state index >= 15 is 0 Å². The Morgan fingerprint density at radius 3 is 2.19 bits per heavy atom. The van der Waals surface area contributed by atoms with Crippen molar-refractivity contribution >= 4 is 27.3 Å². The number of hydrogen-bond donors (Lipinski definition) is 2. The maximum absolute atomic E-state index is 12.7. The van der Waals surface area contributed by atoms with Gasteiger partial charge in [0.1, 0.15) is 0 Å². The fourth-order valence-corrected chi connectivity index (χ4v) is 5.08. The number of carbonyl (C=O) groups excluding carboxylic acids is 1. The summed E-state index contributed by atoms with van der Waals surface area (Å²) in [6, 6.07) is 19.7. The van der Waals surface area contributed by atoms with Crippen molar-refractivity contribution in [2.45, 2.75) is 36.4 Å². The predicted molar refractivity (Wildman–Crippen MR) is 121 cm³/mol. The summed E-state index contributed by atoms with van der Waals surface area (Å²) in [5.74, 6) is 0.473. The van der Waals surface area contributed by atoms with Gasteiger partial charge < -0.3 is 14.8 Å². The van der Waals surface area contributed by atoms with Crippen molar-refractivity contribution in [1.82, 2.24) is 0 Å². The van der Waals surface area contributed by atoms with E-state index in [0.29, 0.717) is 28.4 Å². The number of fused-ring (bicyclic) bond motifs is 1. The van der Waals surface area contributed by atoms with Crippen LogP contribution in [0.5, 0.6) is 11.5 Å². The van der Waals surface area contributed by atoms with E-state index in [1.54, 1.807) is 60.7 Å². The van der Waals surface area contributed by atoms with Gasteiger partial charge >= 0.3 is 0 Å². The van der Waals surface area contributed by atoms with Gasteiger partial charge in [-0.1, -0.05) is 18.2 Å². The van der Waals surface area contributed by atoms with Crippen LogP contribution >= 0.6 is 0 Å². The molecule has 3 aromatic carbocycles. The van der Waals surface area contributed by atoms with Gasteiger partial charge in [0.2, 0.25) is 0 Å². The zero-order valence-electron chi connectivity index (χ0n) is 17.2. The molecule has 164 valence electrons. The maximum Gasteiger partial charge on any atom is 0.261 e. The number of benzene rings is 3. The smallest absolute Gasteiger partial charge is 0.261 e. The monoisotopic (exact) mass is 450 g/mol. The summed E-state index contributed by atoms with van der Waals surface area (Å²) in [6.45, 7) is 0. The number of hydrogen-bond acceptors (Lipinski definition) is 5. The van der Waals surface area contributed by atoms with Crippen LogP contribution < -0.4 is 19.5 Å². The average Bonchev–Trinajstić information content (AvgIpc) is 3.40. The van der Waals surface area contributed by atoms with Crippen molar-refractivity contribution in [2.75, 3.05) is 10.0 Å². The quantitative estimate of drug-likeness (QED) is 0.583. The second-order valence-corrected chi connectivity index (χ2v) is 9.62. The molecule has 0 radical (unpaired) electrons. The number of nitrogens with one attached hydrogen (secondary N) is 2. The van der Waals surface area contributed by atoms with E-state index in [1.165, 1.54) is 12.1 Å². The third kappa shape index (κ3) is 4.01. The Labute approximate surface area is 186 Å². The molecule has 1 amide bonds. The lowest BCUT2D eigenvalue weighted by Gasteiger charge is -2.21. The van der Waals surface area contributed by atoms with E-state index in [1.807, 2.05) is 0 Å². The van der Waals surface area contributed by atoms with Crippen LogP contribution in [0.1, 0.15) is 36.0 Å². The fourth-order valence-electron chi connectivity index (χ4n) is 4.00. The third-order valence-electron chi connectivity index (χ3n) is 5.61. The van der Waals surface area contributed by atoms with Gasteiger partial charge in [-0.15, -0.1) is 0 Å². The van der Waals surface area contributed by atoms with Gasteiger partial charge in [0.25, 0.3) is 21.7 Å². The Kier molecular flexibility index (Phi) is 5.01. The zero-order valence-corrected chi connectivity index (χ0v) is 18.0. The standard InChI is InChI=1S/C24H22N2O5S/c27-23(25-19-12-13-21-22(16-19)31-24(30-21)14-4-5-15-24)17-8-10-18(11-9-17)26-32(28,29)20-6-2-1-3-7-20/h1-3,6-13,16,26H,4-5,14-15H2,(H,25,27). The van der Waals surface area contributed by atoms with Crippen molar-refractivity contribution in [2.24, 2.45) is 0 Å². The molecule has 0 atom stereocenters.